The third-order valence-electron chi connectivity index (χ3n) is 3.74. The number of hydrogen-bond acceptors (Lipinski definition) is 5. The molecule has 0 aliphatic carbocycles. The maximum absolute atomic E-state index is 9.24. The zero-order valence-electron chi connectivity index (χ0n) is 12.4. The Balaban J connectivity index is 1.94. The van der Waals surface area contributed by atoms with Gasteiger partial charge in [0.2, 0.25) is 0 Å². The molecule has 0 aromatic heterocycles. The zero-order valence-corrected chi connectivity index (χ0v) is 12.4. The molecule has 20 heavy (non-hydrogen) atoms. The number of benzene rings is 1. The smallest absolute Gasteiger partial charge is 0.142 e. The average Bonchev–Trinajstić information content (AvgIpc) is 2.48. The van der Waals surface area contributed by atoms with Gasteiger partial charge in [0.25, 0.3) is 0 Å². The highest BCUT2D eigenvalue weighted by atomic mass is 16.5. The standard InChI is InChI=1S/C15H25N3O2/c1-15(16,12-19)11-17-7-9-18(10-8-17)13-5-3-4-6-14(13)20-2/h3-6,19H,7-12,16H2,1-2H3. The van der Waals surface area contributed by atoms with Crippen LogP contribution in [0.5, 0.6) is 5.75 Å². The van der Waals surface area contributed by atoms with E-state index in [1.54, 1.807) is 7.11 Å². The first-order valence-corrected chi connectivity index (χ1v) is 7.06. The molecule has 1 aliphatic rings. The van der Waals surface area contributed by atoms with Gasteiger partial charge < -0.3 is 20.5 Å². The number of rotatable bonds is 5. The number of aliphatic hydroxyl groups is 1. The molecule has 5 heteroatoms. The molecule has 0 spiro atoms. The Bertz CT molecular complexity index is 429. The van der Waals surface area contributed by atoms with Gasteiger partial charge in [-0.1, -0.05) is 12.1 Å². The lowest BCUT2D eigenvalue weighted by Gasteiger charge is -2.39. The third-order valence-corrected chi connectivity index (χ3v) is 3.74. The SMILES string of the molecule is COc1ccccc1N1CCN(CC(C)(N)CO)CC1. The molecule has 0 bridgehead atoms. The maximum Gasteiger partial charge on any atom is 0.142 e. The predicted molar refractivity (Wildman–Crippen MR) is 81.3 cm³/mol. The first-order chi connectivity index (χ1) is 9.55. The van der Waals surface area contributed by atoms with Crippen molar-refractivity contribution in [3.05, 3.63) is 24.3 Å². The summed E-state index contributed by atoms with van der Waals surface area (Å²) in [5.74, 6) is 0.917. The van der Waals surface area contributed by atoms with Crippen LogP contribution >= 0.6 is 0 Å². The van der Waals surface area contributed by atoms with Crippen molar-refractivity contribution in [3.63, 3.8) is 0 Å². The van der Waals surface area contributed by atoms with Crippen LogP contribution in [0.2, 0.25) is 0 Å². The summed E-state index contributed by atoms with van der Waals surface area (Å²) in [5, 5.41) is 9.24. The Morgan fingerprint density at radius 2 is 1.90 bits per heavy atom. The van der Waals surface area contributed by atoms with Crippen LogP contribution in [-0.2, 0) is 0 Å². The molecule has 1 aromatic rings. The summed E-state index contributed by atoms with van der Waals surface area (Å²) in [7, 11) is 1.70. The number of piperazine rings is 1. The Kier molecular flexibility index (Phi) is 4.86. The number of para-hydroxylation sites is 2. The van der Waals surface area contributed by atoms with Crippen LogP contribution in [0.25, 0.3) is 0 Å². The fourth-order valence-corrected chi connectivity index (χ4v) is 2.60. The van der Waals surface area contributed by atoms with E-state index in [2.05, 4.69) is 15.9 Å². The van der Waals surface area contributed by atoms with Gasteiger partial charge >= 0.3 is 0 Å². The summed E-state index contributed by atoms with van der Waals surface area (Å²) in [6.07, 6.45) is 0. The molecule has 1 aliphatic heterocycles. The van der Waals surface area contributed by atoms with Gasteiger partial charge in [-0.2, -0.15) is 0 Å². The molecule has 1 fully saturated rings. The minimum Gasteiger partial charge on any atom is -0.495 e. The van der Waals surface area contributed by atoms with Crippen molar-refractivity contribution in [2.45, 2.75) is 12.5 Å². The van der Waals surface area contributed by atoms with Gasteiger partial charge in [0.15, 0.2) is 0 Å². The van der Waals surface area contributed by atoms with Gasteiger partial charge in [0.1, 0.15) is 5.75 Å². The molecule has 2 rings (SSSR count). The largest absolute Gasteiger partial charge is 0.495 e. The van der Waals surface area contributed by atoms with Crippen LogP contribution in [0.3, 0.4) is 0 Å². The van der Waals surface area contributed by atoms with E-state index in [1.807, 2.05) is 25.1 Å². The minimum absolute atomic E-state index is 0.0136. The Hall–Kier alpha value is -1.30. The first-order valence-electron chi connectivity index (χ1n) is 7.06. The summed E-state index contributed by atoms with van der Waals surface area (Å²) in [6.45, 7) is 6.42. The van der Waals surface area contributed by atoms with Gasteiger partial charge in [-0.05, 0) is 19.1 Å². The fraction of sp³-hybridized carbons (Fsp3) is 0.600. The maximum atomic E-state index is 9.24. The van der Waals surface area contributed by atoms with Crippen LogP contribution < -0.4 is 15.4 Å². The second-order valence-electron chi connectivity index (χ2n) is 5.75. The highest BCUT2D eigenvalue weighted by molar-refractivity contribution is 5.58. The van der Waals surface area contributed by atoms with E-state index >= 15 is 0 Å². The molecular formula is C15H25N3O2. The summed E-state index contributed by atoms with van der Waals surface area (Å²) in [4.78, 5) is 4.64. The van der Waals surface area contributed by atoms with Gasteiger partial charge in [0.05, 0.1) is 19.4 Å². The first kappa shape index (κ1) is 15.1. The van der Waals surface area contributed by atoms with E-state index in [4.69, 9.17) is 10.5 Å². The summed E-state index contributed by atoms with van der Waals surface area (Å²) >= 11 is 0. The molecule has 1 atom stereocenters. The molecule has 1 aromatic carbocycles. The third kappa shape index (κ3) is 3.62. The van der Waals surface area contributed by atoms with Crippen molar-refractivity contribution in [2.24, 2.45) is 5.73 Å². The second kappa shape index (κ2) is 6.43. The minimum atomic E-state index is -0.521. The highest BCUT2D eigenvalue weighted by Gasteiger charge is 2.25. The molecule has 5 nitrogen and oxygen atoms in total. The number of hydrogen-bond donors (Lipinski definition) is 2. The normalized spacial score (nSPS) is 19.7. The van der Waals surface area contributed by atoms with Crippen molar-refractivity contribution < 1.29 is 9.84 Å². The van der Waals surface area contributed by atoms with E-state index in [1.165, 1.54) is 0 Å². The van der Waals surface area contributed by atoms with Gasteiger partial charge in [-0.15, -0.1) is 0 Å². The number of nitrogens with two attached hydrogens (primary N) is 1. The van der Waals surface area contributed by atoms with Crippen molar-refractivity contribution in [1.82, 2.24) is 4.90 Å². The van der Waals surface area contributed by atoms with Crippen LogP contribution in [0.15, 0.2) is 24.3 Å². The number of nitrogens with zero attached hydrogens (tertiary/aromatic N) is 2. The monoisotopic (exact) mass is 279 g/mol. The second-order valence-corrected chi connectivity index (χ2v) is 5.75. The van der Waals surface area contributed by atoms with Crippen molar-refractivity contribution in [1.29, 1.82) is 0 Å². The zero-order chi connectivity index (χ0) is 14.6. The quantitative estimate of drug-likeness (QED) is 0.823. The number of ether oxygens (including phenoxy) is 1. The van der Waals surface area contributed by atoms with E-state index in [-0.39, 0.29) is 6.61 Å². The van der Waals surface area contributed by atoms with Gasteiger partial charge in [-0.25, -0.2) is 0 Å². The van der Waals surface area contributed by atoms with E-state index in [9.17, 15) is 5.11 Å². The Labute approximate surface area is 120 Å². The molecule has 0 amide bonds. The lowest BCUT2D eigenvalue weighted by Crippen LogP contribution is -2.55. The molecule has 112 valence electrons. The number of methoxy groups -OCH3 is 1. The van der Waals surface area contributed by atoms with E-state index in [0.717, 1.165) is 44.2 Å². The van der Waals surface area contributed by atoms with Crippen LogP contribution in [0.4, 0.5) is 5.69 Å². The Morgan fingerprint density at radius 3 is 2.50 bits per heavy atom. The van der Waals surface area contributed by atoms with Gasteiger partial charge in [0, 0.05) is 38.3 Å². The van der Waals surface area contributed by atoms with E-state index < -0.39 is 5.54 Å². The molecular weight excluding hydrogens is 254 g/mol. The van der Waals surface area contributed by atoms with Crippen LogP contribution in [-0.4, -0.2) is 62.0 Å². The molecule has 0 radical (unpaired) electrons. The van der Waals surface area contributed by atoms with E-state index in [0.29, 0.717) is 0 Å². The fourth-order valence-electron chi connectivity index (χ4n) is 2.60. The predicted octanol–water partition coefficient (Wildman–Crippen LogP) is 0.527. The summed E-state index contributed by atoms with van der Waals surface area (Å²) in [6, 6.07) is 8.10. The average molecular weight is 279 g/mol. The van der Waals surface area contributed by atoms with Crippen LogP contribution in [0, 0.1) is 0 Å². The summed E-state index contributed by atoms with van der Waals surface area (Å²) < 4.78 is 5.42. The topological polar surface area (TPSA) is 62.0 Å². The van der Waals surface area contributed by atoms with Gasteiger partial charge in [-0.3, -0.25) is 4.90 Å². The molecule has 0 saturated carbocycles. The number of aliphatic hydroxyl groups excluding tert-OH is 1. The molecule has 1 unspecified atom stereocenters. The van der Waals surface area contributed by atoms with Crippen LogP contribution in [0.1, 0.15) is 6.92 Å². The Morgan fingerprint density at radius 1 is 1.25 bits per heavy atom. The lowest BCUT2D eigenvalue weighted by molar-refractivity contribution is 0.143. The van der Waals surface area contributed by atoms with Crippen molar-refractivity contribution >= 4 is 5.69 Å². The lowest BCUT2D eigenvalue weighted by atomic mass is 10.0. The molecule has 1 saturated heterocycles. The highest BCUT2D eigenvalue weighted by Crippen LogP contribution is 2.28. The molecule has 3 N–H and O–H groups in total. The van der Waals surface area contributed by atoms with Crippen molar-refractivity contribution in [2.75, 3.05) is 51.3 Å². The molecule has 1 heterocycles. The summed E-state index contributed by atoms with van der Waals surface area (Å²) in [5.41, 5.74) is 6.64. The van der Waals surface area contributed by atoms with Crippen molar-refractivity contribution in [3.8, 4) is 5.75 Å². The number of anilines is 1.